The van der Waals surface area contributed by atoms with Crippen molar-refractivity contribution in [3.63, 3.8) is 0 Å². The normalized spacial score (nSPS) is 22.7. The minimum Gasteiger partial charge on any atom is -0.444 e. The quantitative estimate of drug-likeness (QED) is 0.670. The van der Waals surface area contributed by atoms with E-state index in [0.717, 1.165) is 25.9 Å². The molecule has 1 aliphatic heterocycles. The summed E-state index contributed by atoms with van der Waals surface area (Å²) in [4.78, 5) is 13.6. The highest BCUT2D eigenvalue weighted by molar-refractivity contribution is 5.68. The van der Waals surface area contributed by atoms with Gasteiger partial charge in [0, 0.05) is 13.1 Å². The van der Waals surface area contributed by atoms with Crippen molar-refractivity contribution in [2.45, 2.75) is 52.6 Å². The van der Waals surface area contributed by atoms with E-state index in [-0.39, 0.29) is 11.7 Å². The van der Waals surface area contributed by atoms with Crippen LogP contribution in [0.2, 0.25) is 0 Å². The molecule has 1 fully saturated rings. The fourth-order valence-corrected chi connectivity index (χ4v) is 1.89. The first kappa shape index (κ1) is 12.3. The second kappa shape index (κ2) is 4.86. The SMILES string of the molecule is CC[C@H]1CCCN(C(=O)OC(C)(C)C)C1. The molecule has 1 atom stereocenters. The first-order valence-corrected chi connectivity index (χ1v) is 5.90. The molecule has 15 heavy (non-hydrogen) atoms. The van der Waals surface area contributed by atoms with Crippen LogP contribution < -0.4 is 0 Å². The Hall–Kier alpha value is -0.730. The second-order valence-corrected chi connectivity index (χ2v) is 5.34. The van der Waals surface area contributed by atoms with Gasteiger partial charge in [0.05, 0.1) is 0 Å². The van der Waals surface area contributed by atoms with Gasteiger partial charge in [0.2, 0.25) is 0 Å². The third-order valence-corrected chi connectivity index (χ3v) is 2.75. The smallest absolute Gasteiger partial charge is 0.410 e. The Balaban J connectivity index is 2.45. The topological polar surface area (TPSA) is 29.5 Å². The molecule has 0 bridgehead atoms. The Morgan fingerprint density at radius 3 is 2.67 bits per heavy atom. The van der Waals surface area contributed by atoms with Gasteiger partial charge in [-0.3, -0.25) is 0 Å². The van der Waals surface area contributed by atoms with E-state index < -0.39 is 0 Å². The zero-order chi connectivity index (χ0) is 11.5. The highest BCUT2D eigenvalue weighted by Gasteiger charge is 2.26. The average Bonchev–Trinajstić information content (AvgIpc) is 2.15. The summed E-state index contributed by atoms with van der Waals surface area (Å²) in [7, 11) is 0. The summed E-state index contributed by atoms with van der Waals surface area (Å²) in [5.41, 5.74) is -0.379. The number of piperidine rings is 1. The summed E-state index contributed by atoms with van der Waals surface area (Å²) in [5, 5.41) is 0. The summed E-state index contributed by atoms with van der Waals surface area (Å²) in [5.74, 6) is 0.659. The minimum atomic E-state index is -0.379. The zero-order valence-electron chi connectivity index (χ0n) is 10.4. The van der Waals surface area contributed by atoms with Crippen LogP contribution in [0.15, 0.2) is 0 Å². The molecule has 1 saturated heterocycles. The summed E-state index contributed by atoms with van der Waals surface area (Å²) >= 11 is 0. The summed E-state index contributed by atoms with van der Waals surface area (Å²) in [6, 6.07) is 0. The van der Waals surface area contributed by atoms with Gasteiger partial charge < -0.3 is 9.64 Å². The number of nitrogens with zero attached hydrogens (tertiary/aromatic N) is 1. The van der Waals surface area contributed by atoms with Gasteiger partial charge >= 0.3 is 6.09 Å². The van der Waals surface area contributed by atoms with Crippen molar-refractivity contribution in [3.05, 3.63) is 0 Å². The molecule has 0 aromatic rings. The third kappa shape index (κ3) is 4.10. The Bertz CT molecular complexity index is 220. The zero-order valence-corrected chi connectivity index (χ0v) is 10.4. The van der Waals surface area contributed by atoms with E-state index in [4.69, 9.17) is 4.74 Å². The van der Waals surface area contributed by atoms with Gasteiger partial charge in [-0.05, 0) is 39.5 Å². The van der Waals surface area contributed by atoms with E-state index in [1.807, 2.05) is 25.7 Å². The van der Waals surface area contributed by atoms with E-state index in [2.05, 4.69) is 6.92 Å². The average molecular weight is 213 g/mol. The summed E-state index contributed by atoms with van der Waals surface area (Å²) < 4.78 is 5.36. The monoisotopic (exact) mass is 213 g/mol. The first-order valence-electron chi connectivity index (χ1n) is 5.90. The van der Waals surface area contributed by atoms with E-state index in [9.17, 15) is 4.79 Å². The maximum Gasteiger partial charge on any atom is 0.410 e. The molecular formula is C12H23NO2. The van der Waals surface area contributed by atoms with E-state index >= 15 is 0 Å². The van der Waals surface area contributed by atoms with Crippen LogP contribution in [0.5, 0.6) is 0 Å². The van der Waals surface area contributed by atoms with Gasteiger partial charge in [0.15, 0.2) is 0 Å². The lowest BCUT2D eigenvalue weighted by Gasteiger charge is -2.33. The van der Waals surface area contributed by atoms with Crippen molar-refractivity contribution in [1.82, 2.24) is 4.90 Å². The van der Waals surface area contributed by atoms with Crippen LogP contribution in [0.3, 0.4) is 0 Å². The molecule has 0 unspecified atom stereocenters. The van der Waals surface area contributed by atoms with Crippen molar-refractivity contribution in [2.24, 2.45) is 5.92 Å². The van der Waals surface area contributed by atoms with Gasteiger partial charge in [0.1, 0.15) is 5.60 Å². The number of amides is 1. The van der Waals surface area contributed by atoms with E-state index in [1.54, 1.807) is 0 Å². The van der Waals surface area contributed by atoms with Gasteiger partial charge in [-0.25, -0.2) is 4.79 Å². The van der Waals surface area contributed by atoms with E-state index in [1.165, 1.54) is 6.42 Å². The third-order valence-electron chi connectivity index (χ3n) is 2.75. The standard InChI is InChI=1S/C12H23NO2/c1-5-10-7-6-8-13(9-10)11(14)15-12(2,3)4/h10H,5-9H2,1-4H3/t10-/m0/s1. The van der Waals surface area contributed by atoms with Crippen LogP contribution in [0.1, 0.15) is 47.0 Å². The molecule has 0 aromatic heterocycles. The van der Waals surface area contributed by atoms with Gasteiger partial charge in [-0.15, -0.1) is 0 Å². The Morgan fingerprint density at radius 1 is 1.47 bits per heavy atom. The number of carbonyl (C=O) groups excluding carboxylic acids is 1. The van der Waals surface area contributed by atoms with Crippen molar-refractivity contribution < 1.29 is 9.53 Å². The van der Waals surface area contributed by atoms with Crippen LogP contribution in [-0.4, -0.2) is 29.7 Å². The molecule has 1 aliphatic rings. The van der Waals surface area contributed by atoms with Gasteiger partial charge in [-0.1, -0.05) is 13.3 Å². The maximum atomic E-state index is 11.8. The lowest BCUT2D eigenvalue weighted by atomic mass is 9.96. The molecule has 0 radical (unpaired) electrons. The molecule has 3 nitrogen and oxygen atoms in total. The molecule has 88 valence electrons. The van der Waals surface area contributed by atoms with Gasteiger partial charge in [0.25, 0.3) is 0 Å². The summed E-state index contributed by atoms with van der Waals surface area (Å²) in [6.07, 6.45) is 3.35. The number of rotatable bonds is 1. The van der Waals surface area contributed by atoms with Crippen LogP contribution >= 0.6 is 0 Å². The number of hydrogen-bond donors (Lipinski definition) is 0. The molecular weight excluding hydrogens is 190 g/mol. The predicted molar refractivity (Wildman–Crippen MR) is 60.8 cm³/mol. The van der Waals surface area contributed by atoms with Gasteiger partial charge in [-0.2, -0.15) is 0 Å². The van der Waals surface area contributed by atoms with Crippen LogP contribution in [0.4, 0.5) is 4.79 Å². The number of carbonyl (C=O) groups is 1. The minimum absolute atomic E-state index is 0.152. The molecule has 0 spiro atoms. The second-order valence-electron chi connectivity index (χ2n) is 5.34. The molecule has 0 saturated carbocycles. The van der Waals surface area contributed by atoms with Crippen LogP contribution in [-0.2, 0) is 4.74 Å². The lowest BCUT2D eigenvalue weighted by Crippen LogP contribution is -2.42. The molecule has 1 amide bonds. The highest BCUT2D eigenvalue weighted by Crippen LogP contribution is 2.21. The van der Waals surface area contributed by atoms with Crippen LogP contribution in [0.25, 0.3) is 0 Å². The number of ether oxygens (including phenoxy) is 1. The molecule has 3 heteroatoms. The number of likely N-dealkylation sites (tertiary alicyclic amines) is 1. The van der Waals surface area contributed by atoms with Crippen LogP contribution in [0, 0.1) is 5.92 Å². The molecule has 1 rings (SSSR count). The molecule has 1 heterocycles. The number of hydrogen-bond acceptors (Lipinski definition) is 2. The Kier molecular flexibility index (Phi) is 4.00. The highest BCUT2D eigenvalue weighted by atomic mass is 16.6. The van der Waals surface area contributed by atoms with Crippen molar-refractivity contribution >= 4 is 6.09 Å². The first-order chi connectivity index (χ1) is 6.92. The fraction of sp³-hybridized carbons (Fsp3) is 0.917. The van der Waals surface area contributed by atoms with Crippen molar-refractivity contribution in [3.8, 4) is 0 Å². The Labute approximate surface area is 92.8 Å². The van der Waals surface area contributed by atoms with Crippen molar-refractivity contribution in [1.29, 1.82) is 0 Å². The molecule has 0 aliphatic carbocycles. The van der Waals surface area contributed by atoms with E-state index in [0.29, 0.717) is 5.92 Å². The summed E-state index contributed by atoms with van der Waals surface area (Å²) in [6.45, 7) is 9.63. The predicted octanol–water partition coefficient (Wildman–Crippen LogP) is 3.04. The molecule has 0 aromatic carbocycles. The lowest BCUT2D eigenvalue weighted by molar-refractivity contribution is 0.0164. The fourth-order valence-electron chi connectivity index (χ4n) is 1.89. The largest absolute Gasteiger partial charge is 0.444 e. The van der Waals surface area contributed by atoms with Crippen molar-refractivity contribution in [2.75, 3.05) is 13.1 Å². The molecule has 0 N–H and O–H groups in total. The maximum absolute atomic E-state index is 11.8. The Morgan fingerprint density at radius 2 is 2.13 bits per heavy atom.